The van der Waals surface area contributed by atoms with Gasteiger partial charge in [0.2, 0.25) is 11.8 Å². The maximum absolute atomic E-state index is 13.3. The number of methoxy groups -OCH3 is 1. The summed E-state index contributed by atoms with van der Waals surface area (Å²) >= 11 is 0. The van der Waals surface area contributed by atoms with Crippen molar-refractivity contribution >= 4 is 11.8 Å². The van der Waals surface area contributed by atoms with E-state index in [0.717, 1.165) is 16.9 Å². The molecule has 162 valence electrons. The summed E-state index contributed by atoms with van der Waals surface area (Å²) in [7, 11) is 1.62. The van der Waals surface area contributed by atoms with Crippen molar-refractivity contribution < 1.29 is 14.3 Å². The smallest absolute Gasteiger partial charge is 0.243 e. The van der Waals surface area contributed by atoms with Crippen molar-refractivity contribution in [2.75, 3.05) is 13.7 Å². The third-order valence-corrected chi connectivity index (χ3v) is 4.88. The van der Waals surface area contributed by atoms with E-state index in [1.807, 2.05) is 82.3 Å². The third kappa shape index (κ3) is 7.21. The van der Waals surface area contributed by atoms with Crippen LogP contribution >= 0.6 is 0 Å². The molecule has 0 aliphatic heterocycles. The molecule has 0 spiro atoms. The Morgan fingerprint density at radius 2 is 1.63 bits per heavy atom. The van der Waals surface area contributed by atoms with Gasteiger partial charge in [0.25, 0.3) is 0 Å². The van der Waals surface area contributed by atoms with Gasteiger partial charge in [0, 0.05) is 12.1 Å². The molecule has 0 saturated carbocycles. The van der Waals surface area contributed by atoms with Crippen LogP contribution in [0.2, 0.25) is 0 Å². The standard InChI is InChI=1S/C25H34N2O3/c1-6-22(24(29)26-25(2,3)4)27(17-16-19-10-8-7-9-11-19)23(28)18-20-12-14-21(30-5)15-13-20/h7-15,22H,6,16-18H2,1-5H3,(H,26,29)/t22-/m1/s1. The molecule has 1 N–H and O–H groups in total. The second kappa shape index (κ2) is 10.8. The fraction of sp³-hybridized carbons (Fsp3) is 0.440. The van der Waals surface area contributed by atoms with Crippen LogP contribution in [-0.2, 0) is 22.4 Å². The van der Waals surface area contributed by atoms with Crippen LogP contribution in [0, 0.1) is 0 Å². The van der Waals surface area contributed by atoms with Crippen molar-refractivity contribution in [3.8, 4) is 5.75 Å². The fourth-order valence-corrected chi connectivity index (χ4v) is 3.37. The molecule has 2 aromatic rings. The van der Waals surface area contributed by atoms with Gasteiger partial charge >= 0.3 is 0 Å². The van der Waals surface area contributed by atoms with Gasteiger partial charge in [-0.15, -0.1) is 0 Å². The Labute approximate surface area is 180 Å². The molecule has 2 rings (SSSR count). The number of ether oxygens (including phenoxy) is 1. The largest absolute Gasteiger partial charge is 0.497 e. The van der Waals surface area contributed by atoms with Gasteiger partial charge in [0.1, 0.15) is 11.8 Å². The highest BCUT2D eigenvalue weighted by atomic mass is 16.5. The summed E-state index contributed by atoms with van der Waals surface area (Å²) in [6.07, 6.45) is 1.51. The highest BCUT2D eigenvalue weighted by Crippen LogP contribution is 2.16. The molecule has 0 heterocycles. The van der Waals surface area contributed by atoms with Gasteiger partial charge in [0.15, 0.2) is 0 Å². The van der Waals surface area contributed by atoms with Gasteiger partial charge in [-0.2, -0.15) is 0 Å². The van der Waals surface area contributed by atoms with E-state index in [9.17, 15) is 9.59 Å². The zero-order chi connectivity index (χ0) is 22.1. The Balaban J connectivity index is 2.20. The number of amides is 2. The first-order chi connectivity index (χ1) is 14.2. The van der Waals surface area contributed by atoms with Gasteiger partial charge in [-0.05, 0) is 56.9 Å². The summed E-state index contributed by atoms with van der Waals surface area (Å²) in [6, 6.07) is 17.0. The lowest BCUT2D eigenvalue weighted by atomic mass is 10.0. The van der Waals surface area contributed by atoms with E-state index >= 15 is 0 Å². The molecule has 2 aromatic carbocycles. The molecule has 0 aromatic heterocycles. The lowest BCUT2D eigenvalue weighted by molar-refractivity contribution is -0.140. The van der Waals surface area contributed by atoms with Crippen molar-refractivity contribution in [2.24, 2.45) is 0 Å². The predicted molar refractivity (Wildman–Crippen MR) is 121 cm³/mol. The summed E-state index contributed by atoms with van der Waals surface area (Å²) < 4.78 is 5.19. The van der Waals surface area contributed by atoms with Gasteiger partial charge in [0.05, 0.1) is 13.5 Å². The van der Waals surface area contributed by atoms with Crippen LogP contribution in [0.5, 0.6) is 5.75 Å². The van der Waals surface area contributed by atoms with Crippen LogP contribution in [0.1, 0.15) is 45.2 Å². The van der Waals surface area contributed by atoms with E-state index < -0.39 is 6.04 Å². The van der Waals surface area contributed by atoms with Crippen molar-refractivity contribution in [2.45, 2.75) is 58.5 Å². The topological polar surface area (TPSA) is 58.6 Å². The van der Waals surface area contributed by atoms with Crippen molar-refractivity contribution in [3.63, 3.8) is 0 Å². The summed E-state index contributed by atoms with van der Waals surface area (Å²) in [5.41, 5.74) is 1.69. The molecule has 30 heavy (non-hydrogen) atoms. The molecule has 0 fully saturated rings. The molecule has 1 atom stereocenters. The van der Waals surface area contributed by atoms with Crippen LogP contribution in [0.15, 0.2) is 54.6 Å². The van der Waals surface area contributed by atoms with E-state index in [1.54, 1.807) is 12.0 Å². The van der Waals surface area contributed by atoms with Gasteiger partial charge in [-0.3, -0.25) is 9.59 Å². The van der Waals surface area contributed by atoms with Crippen LogP contribution in [0.4, 0.5) is 0 Å². The molecule has 5 nitrogen and oxygen atoms in total. The molecule has 0 bridgehead atoms. The zero-order valence-corrected chi connectivity index (χ0v) is 18.8. The van der Waals surface area contributed by atoms with E-state index in [-0.39, 0.29) is 23.8 Å². The monoisotopic (exact) mass is 410 g/mol. The first-order valence-electron chi connectivity index (χ1n) is 10.5. The zero-order valence-electron chi connectivity index (χ0n) is 18.8. The Morgan fingerprint density at radius 3 is 2.17 bits per heavy atom. The summed E-state index contributed by atoms with van der Waals surface area (Å²) in [5, 5.41) is 3.03. The number of carbonyl (C=O) groups excluding carboxylic acids is 2. The molecule has 0 unspecified atom stereocenters. The first-order valence-corrected chi connectivity index (χ1v) is 10.5. The average molecular weight is 411 g/mol. The number of carbonyl (C=O) groups is 2. The summed E-state index contributed by atoms with van der Waals surface area (Å²) in [4.78, 5) is 28.0. The number of hydrogen-bond donors (Lipinski definition) is 1. The average Bonchev–Trinajstić information content (AvgIpc) is 2.71. The van der Waals surface area contributed by atoms with Crippen molar-refractivity contribution in [3.05, 3.63) is 65.7 Å². The maximum atomic E-state index is 13.3. The Bertz CT molecular complexity index is 811. The van der Waals surface area contributed by atoms with Crippen LogP contribution < -0.4 is 10.1 Å². The molecular formula is C25H34N2O3. The van der Waals surface area contributed by atoms with E-state index in [4.69, 9.17) is 4.74 Å². The molecule has 0 aliphatic rings. The quantitative estimate of drug-likeness (QED) is 0.680. The molecular weight excluding hydrogens is 376 g/mol. The number of hydrogen-bond acceptors (Lipinski definition) is 3. The minimum Gasteiger partial charge on any atom is -0.497 e. The van der Waals surface area contributed by atoms with E-state index in [2.05, 4.69) is 5.32 Å². The van der Waals surface area contributed by atoms with Gasteiger partial charge < -0.3 is 15.0 Å². The summed E-state index contributed by atoms with van der Waals surface area (Å²) in [6.45, 7) is 8.29. The molecule has 0 radical (unpaired) electrons. The maximum Gasteiger partial charge on any atom is 0.243 e. The normalized spacial score (nSPS) is 12.2. The Kier molecular flexibility index (Phi) is 8.46. The number of benzene rings is 2. The van der Waals surface area contributed by atoms with Crippen LogP contribution in [0.25, 0.3) is 0 Å². The minimum absolute atomic E-state index is 0.0491. The highest BCUT2D eigenvalue weighted by Gasteiger charge is 2.30. The Hall–Kier alpha value is -2.82. The van der Waals surface area contributed by atoms with Crippen molar-refractivity contribution in [1.29, 1.82) is 0 Å². The van der Waals surface area contributed by atoms with Crippen LogP contribution in [-0.4, -0.2) is 41.9 Å². The highest BCUT2D eigenvalue weighted by molar-refractivity contribution is 5.88. The first kappa shape index (κ1) is 23.5. The molecule has 0 aliphatic carbocycles. The van der Waals surface area contributed by atoms with Crippen molar-refractivity contribution in [1.82, 2.24) is 10.2 Å². The Morgan fingerprint density at radius 1 is 1.00 bits per heavy atom. The molecule has 2 amide bonds. The van der Waals surface area contributed by atoms with E-state index in [1.165, 1.54) is 0 Å². The minimum atomic E-state index is -0.501. The lowest BCUT2D eigenvalue weighted by Gasteiger charge is -2.33. The SMILES string of the molecule is CC[C@H](C(=O)NC(C)(C)C)N(CCc1ccccc1)C(=O)Cc1ccc(OC)cc1. The number of nitrogens with zero attached hydrogens (tertiary/aromatic N) is 1. The lowest BCUT2D eigenvalue weighted by Crippen LogP contribution is -2.54. The van der Waals surface area contributed by atoms with Gasteiger partial charge in [-0.1, -0.05) is 49.4 Å². The predicted octanol–water partition coefficient (Wildman–Crippen LogP) is 4.00. The number of rotatable bonds is 9. The second-order valence-corrected chi connectivity index (χ2v) is 8.51. The molecule has 0 saturated heterocycles. The molecule has 5 heteroatoms. The number of nitrogens with one attached hydrogen (secondary N) is 1. The van der Waals surface area contributed by atoms with E-state index in [0.29, 0.717) is 19.4 Å². The van der Waals surface area contributed by atoms with Crippen LogP contribution in [0.3, 0.4) is 0 Å². The second-order valence-electron chi connectivity index (χ2n) is 8.51. The fourth-order valence-electron chi connectivity index (χ4n) is 3.37. The third-order valence-electron chi connectivity index (χ3n) is 4.88. The summed E-state index contributed by atoms with van der Waals surface area (Å²) in [5.74, 6) is 0.594. The van der Waals surface area contributed by atoms with Gasteiger partial charge in [-0.25, -0.2) is 0 Å².